The van der Waals surface area contributed by atoms with Crippen LogP contribution >= 0.6 is 23.2 Å². The first kappa shape index (κ1) is 19.0. The minimum absolute atomic E-state index is 0.0406. The van der Waals surface area contributed by atoms with Gasteiger partial charge in [0, 0.05) is 31.0 Å². The Morgan fingerprint density at radius 2 is 2.04 bits per heavy atom. The lowest BCUT2D eigenvalue weighted by Gasteiger charge is -2.26. The third kappa shape index (κ3) is 5.09. The molecule has 0 aliphatic carbocycles. The first-order valence-corrected chi connectivity index (χ1v) is 9.98. The summed E-state index contributed by atoms with van der Waals surface area (Å²) in [4.78, 5) is 25.3. The highest BCUT2D eigenvalue weighted by Gasteiger charge is 2.33. The van der Waals surface area contributed by atoms with Gasteiger partial charge in [-0.1, -0.05) is 23.2 Å². The van der Waals surface area contributed by atoms with E-state index in [-0.39, 0.29) is 42.3 Å². The fraction of sp³-hybridized carbons (Fsp3) is 0.467. The molecular formula is C15H18Cl2N2O4S. The van der Waals surface area contributed by atoms with Crippen molar-refractivity contribution in [3.05, 3.63) is 28.2 Å². The number of carbonyl (C=O) groups is 2. The fourth-order valence-corrected chi connectivity index (χ4v) is 4.71. The predicted octanol–water partition coefficient (Wildman–Crippen LogP) is 2.36. The van der Waals surface area contributed by atoms with E-state index < -0.39 is 9.84 Å². The summed E-state index contributed by atoms with van der Waals surface area (Å²) in [7, 11) is -3.10. The van der Waals surface area contributed by atoms with E-state index >= 15 is 0 Å². The zero-order valence-electron chi connectivity index (χ0n) is 13.1. The molecule has 1 aliphatic rings. The number of amides is 2. The molecule has 2 amide bonds. The van der Waals surface area contributed by atoms with Crippen molar-refractivity contribution in [3.63, 3.8) is 0 Å². The van der Waals surface area contributed by atoms with Gasteiger partial charge in [-0.3, -0.25) is 9.59 Å². The molecule has 1 aliphatic heterocycles. The van der Waals surface area contributed by atoms with Crippen molar-refractivity contribution in [2.75, 3.05) is 23.4 Å². The first-order valence-electron chi connectivity index (χ1n) is 7.40. The van der Waals surface area contributed by atoms with E-state index in [9.17, 15) is 18.0 Å². The normalized spacial score (nSPS) is 19.0. The van der Waals surface area contributed by atoms with Gasteiger partial charge in [-0.15, -0.1) is 0 Å². The number of carbonyl (C=O) groups excluding carboxylic acids is 2. The van der Waals surface area contributed by atoms with Crippen LogP contribution in [0.3, 0.4) is 0 Å². The van der Waals surface area contributed by atoms with Crippen molar-refractivity contribution >= 4 is 50.5 Å². The molecule has 132 valence electrons. The van der Waals surface area contributed by atoms with Gasteiger partial charge >= 0.3 is 0 Å². The molecule has 1 aromatic carbocycles. The Balaban J connectivity index is 1.95. The summed E-state index contributed by atoms with van der Waals surface area (Å²) in [6, 6.07) is 4.35. The van der Waals surface area contributed by atoms with Crippen LogP contribution in [0.4, 0.5) is 5.69 Å². The van der Waals surface area contributed by atoms with E-state index in [4.69, 9.17) is 23.2 Å². The van der Waals surface area contributed by atoms with Gasteiger partial charge in [0.2, 0.25) is 11.8 Å². The molecule has 1 N–H and O–H groups in total. The van der Waals surface area contributed by atoms with Gasteiger partial charge in [-0.2, -0.15) is 0 Å². The summed E-state index contributed by atoms with van der Waals surface area (Å²) < 4.78 is 23.1. The van der Waals surface area contributed by atoms with Crippen LogP contribution in [0, 0.1) is 0 Å². The number of halogens is 2. The van der Waals surface area contributed by atoms with Crippen molar-refractivity contribution < 1.29 is 18.0 Å². The number of hydrogen-bond acceptors (Lipinski definition) is 4. The smallest absolute Gasteiger partial charge is 0.226 e. The Morgan fingerprint density at radius 3 is 2.62 bits per heavy atom. The molecule has 0 saturated carbocycles. The van der Waals surface area contributed by atoms with Gasteiger partial charge in [-0.05, 0) is 24.6 Å². The Kier molecular flexibility index (Phi) is 6.11. The van der Waals surface area contributed by atoms with Gasteiger partial charge in [-0.25, -0.2) is 8.42 Å². The van der Waals surface area contributed by atoms with E-state index in [0.29, 0.717) is 22.2 Å². The second kappa shape index (κ2) is 7.72. The van der Waals surface area contributed by atoms with Gasteiger partial charge < -0.3 is 10.2 Å². The lowest BCUT2D eigenvalue weighted by atomic mass is 10.2. The molecule has 1 fully saturated rings. The monoisotopic (exact) mass is 392 g/mol. The molecule has 1 heterocycles. The lowest BCUT2D eigenvalue weighted by molar-refractivity contribution is -0.131. The van der Waals surface area contributed by atoms with Gasteiger partial charge in [0.1, 0.15) is 0 Å². The van der Waals surface area contributed by atoms with Crippen LogP contribution in [0.25, 0.3) is 0 Å². The summed E-state index contributed by atoms with van der Waals surface area (Å²) >= 11 is 11.8. The Labute approximate surface area is 151 Å². The number of nitrogens with one attached hydrogen (secondary N) is 1. The predicted molar refractivity (Wildman–Crippen MR) is 94.2 cm³/mol. The maximum absolute atomic E-state index is 12.1. The quantitative estimate of drug-likeness (QED) is 0.833. The molecule has 0 bridgehead atoms. The van der Waals surface area contributed by atoms with Crippen LogP contribution in [-0.4, -0.2) is 49.2 Å². The van der Waals surface area contributed by atoms with E-state index in [1.54, 1.807) is 12.1 Å². The van der Waals surface area contributed by atoms with Gasteiger partial charge in [0.25, 0.3) is 0 Å². The largest absolute Gasteiger partial charge is 0.338 e. The molecule has 0 spiro atoms. The molecule has 1 aromatic rings. The van der Waals surface area contributed by atoms with Crippen molar-refractivity contribution in [1.82, 2.24) is 4.90 Å². The van der Waals surface area contributed by atoms with Crippen molar-refractivity contribution in [2.45, 2.75) is 25.8 Å². The number of rotatable bonds is 5. The molecule has 6 nitrogen and oxygen atoms in total. The van der Waals surface area contributed by atoms with Crippen LogP contribution in [0.5, 0.6) is 0 Å². The minimum Gasteiger partial charge on any atom is -0.338 e. The summed E-state index contributed by atoms with van der Waals surface area (Å²) in [5.41, 5.74) is 0.395. The van der Waals surface area contributed by atoms with Crippen LogP contribution in [0.15, 0.2) is 18.2 Å². The highest BCUT2D eigenvalue weighted by Crippen LogP contribution is 2.25. The Bertz CT molecular complexity index is 752. The topological polar surface area (TPSA) is 83.6 Å². The number of anilines is 1. The zero-order chi connectivity index (χ0) is 17.9. The van der Waals surface area contributed by atoms with Crippen molar-refractivity contribution in [1.29, 1.82) is 0 Å². The van der Waals surface area contributed by atoms with Crippen molar-refractivity contribution in [2.24, 2.45) is 0 Å². The van der Waals surface area contributed by atoms with E-state index in [0.717, 1.165) is 0 Å². The summed E-state index contributed by atoms with van der Waals surface area (Å²) in [6.07, 6.45) is 0.447. The molecule has 1 unspecified atom stereocenters. The molecular weight excluding hydrogens is 375 g/mol. The number of hydrogen-bond donors (Lipinski definition) is 1. The molecule has 2 rings (SSSR count). The standard InChI is InChI=1S/C15H18Cl2N2O4S/c1-10(20)19(12-5-7-24(22,23)9-12)6-4-15(21)18-14-8-11(16)2-3-13(14)17/h2-3,8,12H,4-7,9H2,1H3,(H,18,21). The number of sulfone groups is 1. The second-order valence-electron chi connectivity index (χ2n) is 5.69. The third-order valence-corrected chi connectivity index (χ3v) is 6.15. The van der Waals surface area contributed by atoms with Crippen LogP contribution in [0.1, 0.15) is 19.8 Å². The number of nitrogens with zero attached hydrogens (tertiary/aromatic N) is 1. The van der Waals surface area contributed by atoms with Crippen LogP contribution in [0.2, 0.25) is 10.0 Å². The van der Waals surface area contributed by atoms with Gasteiger partial charge in [0.15, 0.2) is 9.84 Å². The number of benzene rings is 1. The maximum atomic E-state index is 12.1. The maximum Gasteiger partial charge on any atom is 0.226 e. The summed E-state index contributed by atoms with van der Waals surface area (Å²) in [5.74, 6) is -0.544. The highest BCUT2D eigenvalue weighted by atomic mass is 35.5. The molecule has 0 aromatic heterocycles. The van der Waals surface area contributed by atoms with E-state index in [1.165, 1.54) is 17.9 Å². The van der Waals surface area contributed by atoms with E-state index in [1.807, 2.05) is 0 Å². The van der Waals surface area contributed by atoms with Crippen LogP contribution < -0.4 is 5.32 Å². The zero-order valence-corrected chi connectivity index (χ0v) is 15.4. The second-order valence-corrected chi connectivity index (χ2v) is 8.76. The SMILES string of the molecule is CC(=O)N(CCC(=O)Nc1cc(Cl)ccc1Cl)C1CCS(=O)(=O)C1. The highest BCUT2D eigenvalue weighted by molar-refractivity contribution is 7.91. The van der Waals surface area contributed by atoms with Crippen LogP contribution in [-0.2, 0) is 19.4 Å². The van der Waals surface area contributed by atoms with Crippen molar-refractivity contribution in [3.8, 4) is 0 Å². The summed E-state index contributed by atoms with van der Waals surface area (Å²) in [6.45, 7) is 1.52. The van der Waals surface area contributed by atoms with E-state index in [2.05, 4.69) is 5.32 Å². The molecule has 24 heavy (non-hydrogen) atoms. The fourth-order valence-electron chi connectivity index (χ4n) is 2.65. The molecule has 0 radical (unpaired) electrons. The Morgan fingerprint density at radius 1 is 1.33 bits per heavy atom. The Hall–Kier alpha value is -1.31. The lowest BCUT2D eigenvalue weighted by Crippen LogP contribution is -2.41. The minimum atomic E-state index is -3.10. The summed E-state index contributed by atoms with van der Waals surface area (Å²) in [5, 5.41) is 3.44. The van der Waals surface area contributed by atoms with Gasteiger partial charge in [0.05, 0.1) is 22.2 Å². The molecule has 1 saturated heterocycles. The third-order valence-electron chi connectivity index (χ3n) is 3.84. The molecule has 1 atom stereocenters. The average Bonchev–Trinajstić information content (AvgIpc) is 2.82. The average molecular weight is 393 g/mol. The molecule has 9 heteroatoms. The first-order chi connectivity index (χ1) is 11.2.